The van der Waals surface area contributed by atoms with E-state index in [9.17, 15) is 9.59 Å². The first kappa shape index (κ1) is 14.0. The number of halogens is 1. The van der Waals surface area contributed by atoms with Crippen LogP contribution in [0.15, 0.2) is 18.2 Å². The zero-order chi connectivity index (χ0) is 12.8. The number of ether oxygens (including phenoxy) is 1. The van der Waals surface area contributed by atoms with E-state index in [1.165, 1.54) is 0 Å². The molecule has 1 N–H and O–H groups in total. The number of carboxylic acids is 1. The average molecular weight is 348 g/mol. The maximum absolute atomic E-state index is 11.7. The second-order valence-corrected chi connectivity index (χ2v) is 4.54. The van der Waals surface area contributed by atoms with E-state index in [2.05, 4.69) is 22.6 Å². The smallest absolute Gasteiger partial charge is 0.338 e. The van der Waals surface area contributed by atoms with Crippen molar-refractivity contribution in [2.45, 2.75) is 19.8 Å². The lowest BCUT2D eigenvalue weighted by Crippen LogP contribution is -2.10. The molecule has 0 unspecified atom stereocenters. The fraction of sp³-hybridized carbons (Fsp3) is 0.333. The van der Waals surface area contributed by atoms with E-state index in [0.29, 0.717) is 18.6 Å². The number of esters is 1. The van der Waals surface area contributed by atoms with Crippen molar-refractivity contribution < 1.29 is 19.4 Å². The minimum atomic E-state index is -0.875. The molecule has 0 aromatic heterocycles. The molecule has 92 valence electrons. The summed E-state index contributed by atoms with van der Waals surface area (Å²) in [5, 5.41) is 8.68. The van der Waals surface area contributed by atoms with Crippen molar-refractivity contribution in [1.82, 2.24) is 0 Å². The minimum absolute atomic E-state index is 0.00637. The number of hydrogen-bond acceptors (Lipinski definition) is 3. The SMILES string of the molecule is CCOC(=O)c1cccc(I)c1CCC(=O)O. The summed E-state index contributed by atoms with van der Waals surface area (Å²) in [4.78, 5) is 22.3. The lowest BCUT2D eigenvalue weighted by Gasteiger charge is -2.09. The third-order valence-corrected chi connectivity index (χ3v) is 3.21. The van der Waals surface area contributed by atoms with Crippen molar-refractivity contribution in [3.8, 4) is 0 Å². The molecule has 17 heavy (non-hydrogen) atoms. The molecule has 1 aromatic rings. The van der Waals surface area contributed by atoms with Gasteiger partial charge in [0.2, 0.25) is 0 Å². The molecule has 0 heterocycles. The second-order valence-electron chi connectivity index (χ2n) is 3.38. The Labute approximate surface area is 113 Å². The number of carbonyl (C=O) groups is 2. The Hall–Kier alpha value is -1.11. The van der Waals surface area contributed by atoms with Gasteiger partial charge in [-0.25, -0.2) is 4.79 Å². The van der Waals surface area contributed by atoms with Gasteiger partial charge in [0.05, 0.1) is 12.2 Å². The third-order valence-electron chi connectivity index (χ3n) is 2.20. The van der Waals surface area contributed by atoms with Gasteiger partial charge < -0.3 is 9.84 Å². The fourth-order valence-electron chi connectivity index (χ4n) is 1.44. The van der Waals surface area contributed by atoms with Gasteiger partial charge in [-0.05, 0) is 53.6 Å². The van der Waals surface area contributed by atoms with Gasteiger partial charge in [0, 0.05) is 9.99 Å². The van der Waals surface area contributed by atoms with Crippen molar-refractivity contribution in [2.75, 3.05) is 6.61 Å². The number of hydrogen-bond donors (Lipinski definition) is 1. The molecule has 5 heteroatoms. The van der Waals surface area contributed by atoms with Gasteiger partial charge in [0.1, 0.15) is 0 Å². The lowest BCUT2D eigenvalue weighted by atomic mass is 10.0. The summed E-state index contributed by atoms with van der Waals surface area (Å²) in [5.41, 5.74) is 1.20. The van der Waals surface area contributed by atoms with E-state index < -0.39 is 11.9 Å². The van der Waals surface area contributed by atoms with Crippen molar-refractivity contribution in [2.24, 2.45) is 0 Å². The maximum Gasteiger partial charge on any atom is 0.338 e. The van der Waals surface area contributed by atoms with Crippen molar-refractivity contribution >= 4 is 34.5 Å². The molecule has 0 aliphatic rings. The number of aliphatic carboxylic acids is 1. The minimum Gasteiger partial charge on any atom is -0.481 e. The van der Waals surface area contributed by atoms with Crippen LogP contribution in [0, 0.1) is 3.57 Å². The average Bonchev–Trinajstić information content (AvgIpc) is 2.27. The first-order chi connectivity index (χ1) is 8.06. The van der Waals surface area contributed by atoms with Gasteiger partial charge in [-0.15, -0.1) is 0 Å². The van der Waals surface area contributed by atoms with Crippen molar-refractivity contribution in [3.63, 3.8) is 0 Å². The first-order valence-electron chi connectivity index (χ1n) is 5.22. The van der Waals surface area contributed by atoms with E-state index in [-0.39, 0.29) is 6.42 Å². The molecule has 0 aliphatic carbocycles. The van der Waals surface area contributed by atoms with Crippen LogP contribution >= 0.6 is 22.6 Å². The van der Waals surface area contributed by atoms with Crippen LogP contribution in [-0.4, -0.2) is 23.7 Å². The van der Waals surface area contributed by atoms with Crippen molar-refractivity contribution in [1.29, 1.82) is 0 Å². The van der Waals surface area contributed by atoms with E-state index in [1.54, 1.807) is 19.1 Å². The zero-order valence-corrected chi connectivity index (χ0v) is 11.6. The van der Waals surface area contributed by atoms with Gasteiger partial charge in [-0.1, -0.05) is 6.07 Å². The highest BCUT2D eigenvalue weighted by molar-refractivity contribution is 14.1. The molecule has 0 amide bonds. The van der Waals surface area contributed by atoms with Crippen LogP contribution in [0.25, 0.3) is 0 Å². The number of benzene rings is 1. The molecule has 0 atom stereocenters. The Morgan fingerprint density at radius 2 is 2.12 bits per heavy atom. The normalized spacial score (nSPS) is 10.0. The van der Waals surface area contributed by atoms with Crippen LogP contribution < -0.4 is 0 Å². The highest BCUT2D eigenvalue weighted by Crippen LogP contribution is 2.19. The zero-order valence-electron chi connectivity index (χ0n) is 9.40. The number of carbonyl (C=O) groups excluding carboxylic acids is 1. The molecule has 4 nitrogen and oxygen atoms in total. The van der Waals surface area contributed by atoms with E-state index in [0.717, 1.165) is 9.13 Å². The summed E-state index contributed by atoms with van der Waals surface area (Å²) < 4.78 is 5.82. The van der Waals surface area contributed by atoms with Crippen LogP contribution in [0.2, 0.25) is 0 Å². The molecule has 1 aromatic carbocycles. The van der Waals surface area contributed by atoms with Crippen LogP contribution in [0.4, 0.5) is 0 Å². The summed E-state index contributed by atoms with van der Waals surface area (Å²) in [6.07, 6.45) is 0.342. The van der Waals surface area contributed by atoms with Gasteiger partial charge >= 0.3 is 11.9 Å². The Balaban J connectivity index is 2.99. The fourth-order valence-corrected chi connectivity index (χ4v) is 2.21. The summed E-state index contributed by atoms with van der Waals surface area (Å²) in [6, 6.07) is 5.27. The van der Waals surface area contributed by atoms with Crippen LogP contribution in [0.5, 0.6) is 0 Å². The number of carboxylic acid groups (broad SMARTS) is 1. The highest BCUT2D eigenvalue weighted by atomic mass is 127. The molecule has 0 saturated heterocycles. The number of rotatable bonds is 5. The first-order valence-corrected chi connectivity index (χ1v) is 6.30. The molecular weight excluding hydrogens is 335 g/mol. The molecule has 0 fully saturated rings. The van der Waals surface area contributed by atoms with Gasteiger partial charge in [0.15, 0.2) is 0 Å². The lowest BCUT2D eigenvalue weighted by molar-refractivity contribution is -0.136. The van der Waals surface area contributed by atoms with Crippen LogP contribution in [-0.2, 0) is 16.0 Å². The predicted molar refractivity (Wildman–Crippen MR) is 71.1 cm³/mol. The summed E-state index contributed by atoms with van der Waals surface area (Å²) in [6.45, 7) is 2.05. The van der Waals surface area contributed by atoms with Crippen LogP contribution in [0.1, 0.15) is 29.3 Å². The second kappa shape index (κ2) is 6.58. The van der Waals surface area contributed by atoms with E-state index in [1.807, 2.05) is 6.07 Å². The Morgan fingerprint density at radius 3 is 2.71 bits per heavy atom. The van der Waals surface area contributed by atoms with E-state index in [4.69, 9.17) is 9.84 Å². The van der Waals surface area contributed by atoms with Crippen LogP contribution in [0.3, 0.4) is 0 Å². The summed E-state index contributed by atoms with van der Waals surface area (Å²) in [7, 11) is 0. The Kier molecular flexibility index (Phi) is 5.40. The molecular formula is C12H13IO4. The maximum atomic E-state index is 11.7. The molecule has 1 rings (SSSR count). The quantitative estimate of drug-likeness (QED) is 0.656. The monoisotopic (exact) mass is 348 g/mol. The summed E-state index contributed by atoms with van der Waals surface area (Å²) >= 11 is 2.09. The molecule has 0 saturated carbocycles. The molecule has 0 radical (unpaired) electrons. The van der Waals surface area contributed by atoms with Crippen molar-refractivity contribution in [3.05, 3.63) is 32.9 Å². The largest absolute Gasteiger partial charge is 0.481 e. The van der Waals surface area contributed by atoms with Gasteiger partial charge in [-0.3, -0.25) is 4.79 Å². The van der Waals surface area contributed by atoms with Gasteiger partial charge in [-0.2, -0.15) is 0 Å². The Bertz CT molecular complexity index is 429. The van der Waals surface area contributed by atoms with Gasteiger partial charge in [0.25, 0.3) is 0 Å². The predicted octanol–water partition coefficient (Wildman–Crippen LogP) is 2.49. The summed E-state index contributed by atoms with van der Waals surface area (Å²) in [5.74, 6) is -1.27. The topological polar surface area (TPSA) is 63.6 Å². The molecule has 0 bridgehead atoms. The third kappa shape index (κ3) is 3.99. The molecule has 0 spiro atoms. The van der Waals surface area contributed by atoms with E-state index >= 15 is 0 Å². The highest BCUT2D eigenvalue weighted by Gasteiger charge is 2.15. The Morgan fingerprint density at radius 1 is 1.41 bits per heavy atom. The molecule has 0 aliphatic heterocycles. The standard InChI is InChI=1S/C12H13IO4/c1-2-17-12(16)9-4-3-5-10(13)8(9)6-7-11(14)15/h3-5H,2,6-7H2,1H3,(H,14,15).